The van der Waals surface area contributed by atoms with Gasteiger partial charge in [-0.15, -0.1) is 0 Å². The molecule has 0 aromatic heterocycles. The summed E-state index contributed by atoms with van der Waals surface area (Å²) in [5, 5.41) is 9.71. The molecule has 1 atom stereocenters. The Balaban J connectivity index is 1.61. The van der Waals surface area contributed by atoms with Gasteiger partial charge >= 0.3 is 6.09 Å². The molecular formula is C21H29N3O2. The molecule has 2 fully saturated rings. The Bertz CT molecular complexity index is 667. The standard InChI is InChI=1S/C21H29N3O2/c1-20(2,3)26-19(25)24-11-9-21(10-12-24)16-23(15-18(21)13-22)14-17-7-5-4-6-8-17/h4-8,18H,9-12,14-16H2,1-3H3/t18-/m0/s1. The first-order chi connectivity index (χ1) is 12.3. The fourth-order valence-electron chi connectivity index (χ4n) is 4.18. The number of likely N-dealkylation sites (tertiary alicyclic amines) is 2. The number of carbonyl (C=O) groups is 1. The Hall–Kier alpha value is -2.06. The molecule has 1 aromatic carbocycles. The van der Waals surface area contributed by atoms with E-state index in [1.807, 2.05) is 26.8 Å². The highest BCUT2D eigenvalue weighted by atomic mass is 16.6. The number of carbonyl (C=O) groups excluding carboxylic acids is 1. The Morgan fingerprint density at radius 3 is 2.50 bits per heavy atom. The fourth-order valence-corrected chi connectivity index (χ4v) is 4.18. The molecular weight excluding hydrogens is 326 g/mol. The number of amides is 1. The van der Waals surface area contributed by atoms with Gasteiger partial charge in [0.1, 0.15) is 5.60 Å². The van der Waals surface area contributed by atoms with Crippen LogP contribution < -0.4 is 0 Å². The quantitative estimate of drug-likeness (QED) is 0.812. The summed E-state index contributed by atoms with van der Waals surface area (Å²) in [5.41, 5.74) is 0.816. The van der Waals surface area contributed by atoms with Gasteiger partial charge in [-0.1, -0.05) is 30.3 Å². The normalized spacial score (nSPS) is 23.0. The monoisotopic (exact) mass is 355 g/mol. The SMILES string of the molecule is CC(C)(C)OC(=O)N1CCC2(CC1)CN(Cc1ccccc1)C[C@@H]2C#N. The van der Waals surface area contributed by atoms with Crippen molar-refractivity contribution in [3.8, 4) is 6.07 Å². The number of benzene rings is 1. The van der Waals surface area contributed by atoms with Crippen molar-refractivity contribution in [2.24, 2.45) is 11.3 Å². The summed E-state index contributed by atoms with van der Waals surface area (Å²) in [6, 6.07) is 13.0. The number of rotatable bonds is 2. The van der Waals surface area contributed by atoms with E-state index in [2.05, 4.69) is 35.2 Å². The van der Waals surface area contributed by atoms with Crippen molar-refractivity contribution >= 4 is 6.09 Å². The molecule has 2 aliphatic heterocycles. The van der Waals surface area contributed by atoms with E-state index in [-0.39, 0.29) is 17.4 Å². The molecule has 1 aromatic rings. The van der Waals surface area contributed by atoms with Crippen molar-refractivity contribution in [1.82, 2.24) is 9.80 Å². The van der Waals surface area contributed by atoms with Crippen LogP contribution in [0.15, 0.2) is 30.3 Å². The summed E-state index contributed by atoms with van der Waals surface area (Å²) in [4.78, 5) is 16.5. The highest BCUT2D eigenvalue weighted by Gasteiger charge is 2.48. The van der Waals surface area contributed by atoms with Crippen LogP contribution in [0.2, 0.25) is 0 Å². The lowest BCUT2D eigenvalue weighted by Gasteiger charge is -2.41. The van der Waals surface area contributed by atoms with E-state index in [0.717, 1.165) is 32.5 Å². The van der Waals surface area contributed by atoms with Crippen molar-refractivity contribution < 1.29 is 9.53 Å². The molecule has 1 amide bonds. The van der Waals surface area contributed by atoms with E-state index in [1.165, 1.54) is 5.56 Å². The highest BCUT2D eigenvalue weighted by molar-refractivity contribution is 5.68. The lowest BCUT2D eigenvalue weighted by Crippen LogP contribution is -2.47. The number of hydrogen-bond donors (Lipinski definition) is 0. The minimum Gasteiger partial charge on any atom is -0.444 e. The van der Waals surface area contributed by atoms with Crippen LogP contribution in [0.1, 0.15) is 39.2 Å². The summed E-state index contributed by atoms with van der Waals surface area (Å²) in [5.74, 6) is 0.0343. The van der Waals surface area contributed by atoms with Crippen LogP contribution in [0, 0.1) is 22.7 Å². The van der Waals surface area contributed by atoms with E-state index in [1.54, 1.807) is 4.90 Å². The first-order valence-corrected chi connectivity index (χ1v) is 9.45. The van der Waals surface area contributed by atoms with Crippen molar-refractivity contribution in [3.05, 3.63) is 35.9 Å². The van der Waals surface area contributed by atoms with Crippen molar-refractivity contribution in [1.29, 1.82) is 5.26 Å². The Morgan fingerprint density at radius 1 is 1.27 bits per heavy atom. The van der Waals surface area contributed by atoms with E-state index >= 15 is 0 Å². The van der Waals surface area contributed by atoms with Gasteiger partial charge in [-0.05, 0) is 39.2 Å². The number of nitriles is 1. The molecule has 5 nitrogen and oxygen atoms in total. The third-order valence-corrected chi connectivity index (χ3v) is 5.53. The van der Waals surface area contributed by atoms with Gasteiger partial charge in [0, 0.05) is 38.1 Å². The first kappa shape index (κ1) is 18.7. The van der Waals surface area contributed by atoms with Gasteiger partial charge in [-0.2, -0.15) is 5.26 Å². The van der Waals surface area contributed by atoms with Gasteiger partial charge < -0.3 is 9.64 Å². The Morgan fingerprint density at radius 2 is 1.92 bits per heavy atom. The van der Waals surface area contributed by atoms with Crippen molar-refractivity contribution in [2.75, 3.05) is 26.2 Å². The molecule has 5 heteroatoms. The van der Waals surface area contributed by atoms with Gasteiger partial charge in [0.25, 0.3) is 0 Å². The van der Waals surface area contributed by atoms with E-state index < -0.39 is 5.60 Å². The highest BCUT2D eigenvalue weighted by Crippen LogP contribution is 2.45. The van der Waals surface area contributed by atoms with E-state index in [9.17, 15) is 10.1 Å². The minimum absolute atomic E-state index is 0.00203. The molecule has 0 unspecified atom stereocenters. The minimum atomic E-state index is -0.471. The maximum atomic E-state index is 12.3. The topological polar surface area (TPSA) is 56.6 Å². The average molecular weight is 355 g/mol. The predicted octanol–water partition coefficient (Wildman–Crippen LogP) is 3.66. The third kappa shape index (κ3) is 4.19. The van der Waals surface area contributed by atoms with Crippen LogP contribution in [-0.4, -0.2) is 47.7 Å². The summed E-state index contributed by atoms with van der Waals surface area (Å²) >= 11 is 0. The zero-order valence-electron chi connectivity index (χ0n) is 16.1. The molecule has 140 valence electrons. The first-order valence-electron chi connectivity index (χ1n) is 9.45. The van der Waals surface area contributed by atoms with Gasteiger partial charge in [-0.3, -0.25) is 4.90 Å². The second-order valence-corrected chi connectivity index (χ2v) is 8.67. The molecule has 0 radical (unpaired) electrons. The second kappa shape index (κ2) is 7.28. The summed E-state index contributed by atoms with van der Waals surface area (Å²) in [6.45, 7) is 9.65. The van der Waals surface area contributed by atoms with Gasteiger partial charge in [0.05, 0.1) is 12.0 Å². The summed E-state index contributed by atoms with van der Waals surface area (Å²) in [6.07, 6.45) is 1.51. The maximum absolute atomic E-state index is 12.3. The molecule has 2 saturated heterocycles. The predicted molar refractivity (Wildman–Crippen MR) is 100 cm³/mol. The molecule has 3 rings (SSSR count). The van der Waals surface area contributed by atoms with Crippen LogP contribution in [0.25, 0.3) is 0 Å². The average Bonchev–Trinajstić information content (AvgIpc) is 2.91. The van der Waals surface area contributed by atoms with Gasteiger partial charge in [-0.25, -0.2) is 4.79 Å². The molecule has 2 heterocycles. The smallest absolute Gasteiger partial charge is 0.410 e. The van der Waals surface area contributed by atoms with Gasteiger partial charge in [0.15, 0.2) is 0 Å². The number of hydrogen-bond acceptors (Lipinski definition) is 4. The number of piperidine rings is 1. The van der Waals surface area contributed by atoms with Crippen LogP contribution >= 0.6 is 0 Å². The van der Waals surface area contributed by atoms with Crippen LogP contribution in [0.4, 0.5) is 4.79 Å². The number of ether oxygens (including phenoxy) is 1. The van der Waals surface area contributed by atoms with Crippen molar-refractivity contribution in [3.63, 3.8) is 0 Å². The van der Waals surface area contributed by atoms with Crippen LogP contribution in [-0.2, 0) is 11.3 Å². The van der Waals surface area contributed by atoms with E-state index in [4.69, 9.17) is 4.74 Å². The third-order valence-electron chi connectivity index (χ3n) is 5.53. The molecule has 0 aliphatic carbocycles. The molecule has 26 heavy (non-hydrogen) atoms. The Kier molecular flexibility index (Phi) is 5.24. The largest absolute Gasteiger partial charge is 0.444 e. The fraction of sp³-hybridized carbons (Fsp3) is 0.619. The Labute approximate surface area is 156 Å². The lowest BCUT2D eigenvalue weighted by atomic mass is 9.71. The molecule has 2 aliphatic rings. The lowest BCUT2D eigenvalue weighted by molar-refractivity contribution is 0.00836. The van der Waals surface area contributed by atoms with Crippen LogP contribution in [0.5, 0.6) is 0 Å². The van der Waals surface area contributed by atoms with E-state index in [0.29, 0.717) is 13.1 Å². The number of nitrogens with zero attached hydrogens (tertiary/aromatic N) is 3. The van der Waals surface area contributed by atoms with Crippen molar-refractivity contribution in [2.45, 2.75) is 45.8 Å². The zero-order valence-corrected chi connectivity index (χ0v) is 16.1. The summed E-state index contributed by atoms with van der Waals surface area (Å²) < 4.78 is 5.49. The molecule has 0 N–H and O–H groups in total. The van der Waals surface area contributed by atoms with Gasteiger partial charge in [0.2, 0.25) is 0 Å². The zero-order chi connectivity index (χ0) is 18.8. The molecule has 1 spiro atoms. The maximum Gasteiger partial charge on any atom is 0.410 e. The second-order valence-electron chi connectivity index (χ2n) is 8.67. The molecule has 0 saturated carbocycles. The van der Waals surface area contributed by atoms with Crippen LogP contribution in [0.3, 0.4) is 0 Å². The molecule has 0 bridgehead atoms. The summed E-state index contributed by atoms with van der Waals surface area (Å²) in [7, 11) is 0.